The van der Waals surface area contributed by atoms with E-state index in [1.807, 2.05) is 18.2 Å². The van der Waals surface area contributed by atoms with Crippen molar-refractivity contribution in [2.45, 2.75) is 17.7 Å². The number of rotatable bonds is 6. The Balaban J connectivity index is 1.36. The summed E-state index contributed by atoms with van der Waals surface area (Å²) in [4.78, 5) is 13.9. The second-order valence-electron chi connectivity index (χ2n) is 7.51. The number of amides is 1. The number of ether oxygens (including phenoxy) is 1. The largest absolute Gasteiger partial charge is 0.491 e. The SMILES string of the molecule is O=C1CCc2cc(Cl)c(S(=O)(=O)N3CCN(CCOc4ccccc4Cl)CC3)cc2N1. The zero-order chi connectivity index (χ0) is 22.0. The van der Waals surface area contributed by atoms with E-state index in [-0.39, 0.29) is 15.8 Å². The fourth-order valence-corrected chi connectivity index (χ4v) is 5.92. The van der Waals surface area contributed by atoms with Crippen LogP contribution in [0.2, 0.25) is 10.0 Å². The molecular weight excluding hydrogens is 461 g/mol. The Morgan fingerprint density at radius 2 is 1.74 bits per heavy atom. The molecule has 2 aliphatic heterocycles. The van der Waals surface area contributed by atoms with Crippen LogP contribution < -0.4 is 10.1 Å². The first kappa shape index (κ1) is 22.4. The number of hydrogen-bond acceptors (Lipinski definition) is 5. The number of hydrogen-bond donors (Lipinski definition) is 1. The van der Waals surface area contributed by atoms with E-state index in [4.69, 9.17) is 27.9 Å². The van der Waals surface area contributed by atoms with E-state index in [1.54, 1.807) is 12.1 Å². The van der Waals surface area contributed by atoms with Crippen LogP contribution in [0.25, 0.3) is 0 Å². The first-order chi connectivity index (χ1) is 14.8. The molecule has 1 saturated heterocycles. The molecular formula is C21H23Cl2N3O4S. The molecule has 10 heteroatoms. The molecule has 4 rings (SSSR count). The van der Waals surface area contributed by atoms with Gasteiger partial charge in [0.05, 0.1) is 10.0 Å². The lowest BCUT2D eigenvalue weighted by Crippen LogP contribution is -2.49. The van der Waals surface area contributed by atoms with Crippen LogP contribution in [0.4, 0.5) is 5.69 Å². The molecule has 0 bridgehead atoms. The minimum atomic E-state index is -3.76. The highest BCUT2D eigenvalue weighted by Gasteiger charge is 2.31. The number of anilines is 1. The monoisotopic (exact) mass is 483 g/mol. The Morgan fingerprint density at radius 1 is 1.00 bits per heavy atom. The molecule has 0 aliphatic carbocycles. The molecule has 0 atom stereocenters. The number of nitrogens with zero attached hydrogens (tertiary/aromatic N) is 2. The number of aryl methyl sites for hydroxylation is 1. The fraction of sp³-hybridized carbons (Fsp3) is 0.381. The van der Waals surface area contributed by atoms with E-state index in [0.29, 0.717) is 68.6 Å². The van der Waals surface area contributed by atoms with E-state index >= 15 is 0 Å². The Labute approximate surface area is 191 Å². The van der Waals surface area contributed by atoms with Crippen molar-refractivity contribution in [3.8, 4) is 5.75 Å². The van der Waals surface area contributed by atoms with Gasteiger partial charge in [0.2, 0.25) is 15.9 Å². The van der Waals surface area contributed by atoms with Gasteiger partial charge in [0.1, 0.15) is 17.3 Å². The van der Waals surface area contributed by atoms with Crippen LogP contribution in [-0.4, -0.2) is 62.9 Å². The molecule has 1 N–H and O–H groups in total. The molecule has 0 unspecified atom stereocenters. The van der Waals surface area contributed by atoms with Crippen molar-refractivity contribution in [3.63, 3.8) is 0 Å². The van der Waals surface area contributed by atoms with Crippen LogP contribution >= 0.6 is 23.2 Å². The maximum Gasteiger partial charge on any atom is 0.244 e. The Kier molecular flexibility index (Phi) is 6.74. The van der Waals surface area contributed by atoms with Crippen molar-refractivity contribution >= 4 is 44.8 Å². The lowest BCUT2D eigenvalue weighted by atomic mass is 10.0. The maximum atomic E-state index is 13.2. The molecule has 2 heterocycles. The van der Waals surface area contributed by atoms with Crippen LogP contribution in [0.1, 0.15) is 12.0 Å². The number of fused-ring (bicyclic) bond motifs is 1. The fourth-order valence-electron chi connectivity index (χ4n) is 3.76. The maximum absolute atomic E-state index is 13.2. The standard InChI is InChI=1S/C21H23Cl2N3O4S/c22-16-3-1-2-4-19(16)30-12-11-25-7-9-26(10-8-25)31(28,29)20-14-18-15(13-17(20)23)5-6-21(27)24-18/h1-4,13-14H,5-12H2,(H,24,27). The molecule has 0 spiro atoms. The first-order valence-corrected chi connectivity index (χ1v) is 12.3. The van der Waals surface area contributed by atoms with Crippen LogP contribution in [0, 0.1) is 0 Å². The third kappa shape index (κ3) is 4.99. The van der Waals surface area contributed by atoms with Crippen molar-refractivity contribution in [2.24, 2.45) is 0 Å². The normalized spacial score (nSPS) is 17.8. The third-order valence-electron chi connectivity index (χ3n) is 5.50. The molecule has 2 aromatic carbocycles. The summed E-state index contributed by atoms with van der Waals surface area (Å²) in [6.45, 7) is 3.02. The van der Waals surface area contributed by atoms with Gasteiger partial charge in [0, 0.05) is 44.8 Å². The number of para-hydroxylation sites is 1. The minimum Gasteiger partial charge on any atom is -0.491 e. The van der Waals surface area contributed by atoms with Gasteiger partial charge in [-0.25, -0.2) is 8.42 Å². The van der Waals surface area contributed by atoms with Crippen molar-refractivity contribution < 1.29 is 17.9 Å². The number of sulfonamides is 1. The summed E-state index contributed by atoms with van der Waals surface area (Å²) in [7, 11) is -3.76. The van der Waals surface area contributed by atoms with Gasteiger partial charge in [-0.15, -0.1) is 0 Å². The summed E-state index contributed by atoms with van der Waals surface area (Å²) in [5, 5.41) is 3.49. The number of carbonyl (C=O) groups excluding carboxylic acids is 1. The van der Waals surface area contributed by atoms with E-state index in [1.165, 1.54) is 10.4 Å². The van der Waals surface area contributed by atoms with E-state index in [0.717, 1.165) is 5.56 Å². The van der Waals surface area contributed by atoms with Crippen LogP contribution in [0.3, 0.4) is 0 Å². The lowest BCUT2D eigenvalue weighted by Gasteiger charge is -2.34. The summed E-state index contributed by atoms with van der Waals surface area (Å²) in [5.74, 6) is 0.519. The van der Waals surface area contributed by atoms with Gasteiger partial charge in [0.25, 0.3) is 0 Å². The number of piperazine rings is 1. The average Bonchev–Trinajstić information content (AvgIpc) is 2.75. The summed E-state index contributed by atoms with van der Waals surface area (Å²) < 4.78 is 33.5. The smallest absolute Gasteiger partial charge is 0.244 e. The minimum absolute atomic E-state index is 0.0330. The summed E-state index contributed by atoms with van der Waals surface area (Å²) >= 11 is 12.4. The molecule has 0 radical (unpaired) electrons. The van der Waals surface area contributed by atoms with Crippen LogP contribution in [0.15, 0.2) is 41.3 Å². The zero-order valence-corrected chi connectivity index (χ0v) is 19.1. The highest BCUT2D eigenvalue weighted by atomic mass is 35.5. The van der Waals surface area contributed by atoms with Crippen molar-refractivity contribution in [1.29, 1.82) is 0 Å². The number of halogens is 2. The van der Waals surface area contributed by atoms with Gasteiger partial charge < -0.3 is 10.1 Å². The first-order valence-electron chi connectivity index (χ1n) is 10.1. The van der Waals surface area contributed by atoms with Crippen molar-refractivity contribution in [1.82, 2.24) is 9.21 Å². The van der Waals surface area contributed by atoms with Crippen molar-refractivity contribution in [2.75, 3.05) is 44.6 Å². The molecule has 2 aliphatic rings. The third-order valence-corrected chi connectivity index (χ3v) is 8.18. The summed E-state index contributed by atoms with van der Waals surface area (Å²) in [5.41, 5.74) is 1.38. The predicted octanol–water partition coefficient (Wildman–Crippen LogP) is 3.26. The van der Waals surface area contributed by atoms with Gasteiger partial charge in [-0.3, -0.25) is 9.69 Å². The molecule has 2 aromatic rings. The number of benzene rings is 2. The zero-order valence-electron chi connectivity index (χ0n) is 16.8. The Bertz CT molecular complexity index is 1090. The average molecular weight is 484 g/mol. The number of carbonyl (C=O) groups is 1. The van der Waals surface area contributed by atoms with Crippen LogP contribution in [-0.2, 0) is 21.2 Å². The Hall–Kier alpha value is -1.84. The summed E-state index contributed by atoms with van der Waals surface area (Å²) in [6, 6.07) is 10.4. The molecule has 1 fully saturated rings. The quantitative estimate of drug-likeness (QED) is 0.681. The number of nitrogens with one attached hydrogen (secondary N) is 1. The molecule has 7 nitrogen and oxygen atoms in total. The van der Waals surface area contributed by atoms with Crippen molar-refractivity contribution in [3.05, 3.63) is 52.0 Å². The second kappa shape index (κ2) is 9.34. The topological polar surface area (TPSA) is 79.0 Å². The lowest BCUT2D eigenvalue weighted by molar-refractivity contribution is -0.116. The van der Waals surface area contributed by atoms with Gasteiger partial charge in [-0.1, -0.05) is 35.3 Å². The van der Waals surface area contributed by atoms with E-state index < -0.39 is 10.0 Å². The molecule has 0 saturated carbocycles. The highest BCUT2D eigenvalue weighted by Crippen LogP contribution is 2.33. The van der Waals surface area contributed by atoms with Gasteiger partial charge in [-0.05, 0) is 36.2 Å². The highest BCUT2D eigenvalue weighted by molar-refractivity contribution is 7.89. The molecule has 0 aromatic heterocycles. The molecule has 166 valence electrons. The van der Waals surface area contributed by atoms with Gasteiger partial charge in [-0.2, -0.15) is 4.31 Å². The van der Waals surface area contributed by atoms with Gasteiger partial charge >= 0.3 is 0 Å². The van der Waals surface area contributed by atoms with Crippen LogP contribution in [0.5, 0.6) is 5.75 Å². The molecule has 31 heavy (non-hydrogen) atoms. The second-order valence-corrected chi connectivity index (χ2v) is 10.2. The summed E-state index contributed by atoms with van der Waals surface area (Å²) in [6.07, 6.45) is 0.924. The van der Waals surface area contributed by atoms with E-state index in [9.17, 15) is 13.2 Å². The Morgan fingerprint density at radius 3 is 2.48 bits per heavy atom. The van der Waals surface area contributed by atoms with Gasteiger partial charge in [0.15, 0.2) is 0 Å². The van der Waals surface area contributed by atoms with E-state index in [2.05, 4.69) is 10.2 Å². The molecule has 1 amide bonds. The predicted molar refractivity (Wildman–Crippen MR) is 121 cm³/mol.